The lowest BCUT2D eigenvalue weighted by molar-refractivity contribution is -0.131. The SMILES string of the molecule is NC(=O)C1CCN(C(=O)c2ccc3c(c2)N(CC(=O)N2CCCC2)C(=O)CO3)CC1. The number of amides is 4. The average molecular weight is 414 g/mol. The van der Waals surface area contributed by atoms with Gasteiger partial charge in [0.05, 0.1) is 5.69 Å². The van der Waals surface area contributed by atoms with Crippen molar-refractivity contribution in [2.24, 2.45) is 11.7 Å². The maximum absolute atomic E-state index is 13.0. The summed E-state index contributed by atoms with van der Waals surface area (Å²) in [5, 5.41) is 0. The molecule has 30 heavy (non-hydrogen) atoms. The molecule has 2 saturated heterocycles. The van der Waals surface area contributed by atoms with Gasteiger partial charge in [-0.2, -0.15) is 0 Å². The average Bonchev–Trinajstić information content (AvgIpc) is 3.30. The molecule has 0 radical (unpaired) electrons. The number of hydrogen-bond acceptors (Lipinski definition) is 5. The standard InChI is InChI=1S/C21H26N4O5/c22-20(28)14-5-9-24(10-6-14)21(29)15-3-4-17-16(11-15)25(19(27)13-30-17)12-18(26)23-7-1-2-8-23/h3-4,11,14H,1-2,5-10,12-13H2,(H2,22,28). The Balaban J connectivity index is 1.51. The maximum atomic E-state index is 13.0. The van der Waals surface area contributed by atoms with Crippen LogP contribution in [-0.2, 0) is 14.4 Å². The molecule has 3 heterocycles. The summed E-state index contributed by atoms with van der Waals surface area (Å²) in [5.41, 5.74) is 6.23. The van der Waals surface area contributed by atoms with Gasteiger partial charge in [-0.1, -0.05) is 0 Å². The van der Waals surface area contributed by atoms with Crippen molar-refractivity contribution in [1.29, 1.82) is 0 Å². The molecule has 0 atom stereocenters. The Morgan fingerprint density at radius 1 is 1.03 bits per heavy atom. The second-order valence-electron chi connectivity index (χ2n) is 8.01. The van der Waals surface area contributed by atoms with Crippen LogP contribution in [0.1, 0.15) is 36.0 Å². The predicted octanol–water partition coefficient (Wildman–Crippen LogP) is 0.372. The van der Waals surface area contributed by atoms with Gasteiger partial charge in [-0.3, -0.25) is 24.1 Å². The number of likely N-dealkylation sites (tertiary alicyclic amines) is 2. The van der Waals surface area contributed by atoms with Gasteiger partial charge in [0, 0.05) is 37.7 Å². The lowest BCUT2D eigenvalue weighted by Gasteiger charge is -2.32. The molecule has 0 saturated carbocycles. The fraction of sp³-hybridized carbons (Fsp3) is 0.524. The Hall–Kier alpha value is -3.10. The molecular weight excluding hydrogens is 388 g/mol. The quantitative estimate of drug-likeness (QED) is 0.765. The molecule has 4 amide bonds. The number of fused-ring (bicyclic) bond motifs is 1. The van der Waals surface area contributed by atoms with Gasteiger partial charge in [0.2, 0.25) is 11.8 Å². The third-order valence-electron chi connectivity index (χ3n) is 6.09. The summed E-state index contributed by atoms with van der Waals surface area (Å²) < 4.78 is 5.50. The summed E-state index contributed by atoms with van der Waals surface area (Å²) in [6.07, 6.45) is 3.04. The highest BCUT2D eigenvalue weighted by Gasteiger charge is 2.32. The highest BCUT2D eigenvalue weighted by molar-refractivity contribution is 6.04. The topological polar surface area (TPSA) is 113 Å². The van der Waals surface area contributed by atoms with Crippen LogP contribution in [0.3, 0.4) is 0 Å². The number of benzene rings is 1. The van der Waals surface area contributed by atoms with Crippen molar-refractivity contribution < 1.29 is 23.9 Å². The van der Waals surface area contributed by atoms with Crippen LogP contribution in [0.15, 0.2) is 18.2 Å². The molecular formula is C21H26N4O5. The van der Waals surface area contributed by atoms with Crippen molar-refractivity contribution in [3.8, 4) is 5.75 Å². The van der Waals surface area contributed by atoms with Crippen molar-refractivity contribution in [3.63, 3.8) is 0 Å². The lowest BCUT2D eigenvalue weighted by Crippen LogP contribution is -2.46. The van der Waals surface area contributed by atoms with Gasteiger partial charge < -0.3 is 20.3 Å². The molecule has 3 aliphatic heterocycles. The van der Waals surface area contributed by atoms with Crippen molar-refractivity contribution in [2.45, 2.75) is 25.7 Å². The third-order valence-corrected chi connectivity index (χ3v) is 6.09. The minimum absolute atomic E-state index is 0.0587. The van der Waals surface area contributed by atoms with Crippen LogP contribution in [-0.4, -0.2) is 72.8 Å². The van der Waals surface area contributed by atoms with Gasteiger partial charge in [-0.15, -0.1) is 0 Å². The van der Waals surface area contributed by atoms with Crippen molar-refractivity contribution in [2.75, 3.05) is 44.2 Å². The van der Waals surface area contributed by atoms with E-state index in [0.29, 0.717) is 56.0 Å². The Morgan fingerprint density at radius 3 is 2.40 bits per heavy atom. The number of hydrogen-bond donors (Lipinski definition) is 1. The molecule has 0 bridgehead atoms. The van der Waals surface area contributed by atoms with Gasteiger partial charge in [-0.25, -0.2) is 0 Å². The smallest absolute Gasteiger partial charge is 0.265 e. The number of piperidine rings is 1. The van der Waals surface area contributed by atoms with E-state index in [1.807, 2.05) is 0 Å². The van der Waals surface area contributed by atoms with Gasteiger partial charge in [-0.05, 0) is 43.9 Å². The molecule has 0 unspecified atom stereocenters. The minimum atomic E-state index is -0.329. The molecule has 0 aliphatic carbocycles. The molecule has 2 N–H and O–H groups in total. The van der Waals surface area contributed by atoms with E-state index in [1.54, 1.807) is 28.0 Å². The lowest BCUT2D eigenvalue weighted by atomic mass is 9.96. The predicted molar refractivity (Wildman–Crippen MR) is 108 cm³/mol. The first-order valence-electron chi connectivity index (χ1n) is 10.4. The van der Waals surface area contributed by atoms with E-state index >= 15 is 0 Å². The van der Waals surface area contributed by atoms with Gasteiger partial charge in [0.1, 0.15) is 12.3 Å². The van der Waals surface area contributed by atoms with Crippen molar-refractivity contribution in [1.82, 2.24) is 9.80 Å². The number of nitrogens with two attached hydrogens (primary N) is 1. The Labute approximate surface area is 174 Å². The minimum Gasteiger partial charge on any atom is -0.482 e. The van der Waals surface area contributed by atoms with E-state index in [0.717, 1.165) is 12.8 Å². The first-order valence-corrected chi connectivity index (χ1v) is 10.4. The van der Waals surface area contributed by atoms with Crippen LogP contribution in [0.4, 0.5) is 5.69 Å². The zero-order valence-corrected chi connectivity index (χ0v) is 16.8. The first-order chi connectivity index (χ1) is 14.4. The largest absolute Gasteiger partial charge is 0.482 e. The fourth-order valence-electron chi connectivity index (χ4n) is 4.26. The number of rotatable bonds is 4. The van der Waals surface area contributed by atoms with E-state index in [4.69, 9.17) is 10.5 Å². The van der Waals surface area contributed by atoms with Crippen molar-refractivity contribution in [3.05, 3.63) is 23.8 Å². The summed E-state index contributed by atoms with van der Waals surface area (Å²) in [4.78, 5) is 54.3. The van der Waals surface area contributed by atoms with E-state index < -0.39 is 0 Å². The molecule has 1 aromatic rings. The van der Waals surface area contributed by atoms with E-state index in [1.165, 1.54) is 4.90 Å². The van der Waals surface area contributed by atoms with Crippen LogP contribution in [0.5, 0.6) is 5.75 Å². The summed E-state index contributed by atoms with van der Waals surface area (Å²) >= 11 is 0. The number of carbonyl (C=O) groups is 4. The van der Waals surface area contributed by atoms with Gasteiger partial charge >= 0.3 is 0 Å². The molecule has 3 aliphatic rings. The molecule has 2 fully saturated rings. The number of primary amides is 1. The van der Waals surface area contributed by atoms with Crippen molar-refractivity contribution >= 4 is 29.3 Å². The second kappa shape index (κ2) is 8.33. The zero-order chi connectivity index (χ0) is 21.3. The van der Waals surface area contributed by atoms with E-state index in [9.17, 15) is 19.2 Å². The van der Waals surface area contributed by atoms with Gasteiger partial charge in [0.15, 0.2) is 6.61 Å². The van der Waals surface area contributed by atoms with E-state index in [-0.39, 0.29) is 42.7 Å². The summed E-state index contributed by atoms with van der Waals surface area (Å²) in [5.74, 6) is -0.626. The maximum Gasteiger partial charge on any atom is 0.265 e. The first kappa shape index (κ1) is 20.2. The van der Waals surface area contributed by atoms with Crippen LogP contribution in [0.25, 0.3) is 0 Å². The highest BCUT2D eigenvalue weighted by Crippen LogP contribution is 2.34. The summed E-state index contributed by atoms with van der Waals surface area (Å²) in [6, 6.07) is 4.95. The molecule has 0 spiro atoms. The molecule has 160 valence electrons. The Bertz CT molecular complexity index is 872. The Morgan fingerprint density at radius 2 is 1.73 bits per heavy atom. The molecule has 4 rings (SSSR count). The molecule has 9 nitrogen and oxygen atoms in total. The Kier molecular flexibility index (Phi) is 5.61. The second-order valence-corrected chi connectivity index (χ2v) is 8.01. The summed E-state index contributed by atoms with van der Waals surface area (Å²) in [6.45, 7) is 2.14. The van der Waals surface area contributed by atoms with Crippen LogP contribution >= 0.6 is 0 Å². The monoisotopic (exact) mass is 414 g/mol. The summed E-state index contributed by atoms with van der Waals surface area (Å²) in [7, 11) is 0. The van der Waals surface area contributed by atoms with Gasteiger partial charge in [0.25, 0.3) is 11.8 Å². The van der Waals surface area contributed by atoms with E-state index in [2.05, 4.69) is 0 Å². The normalized spacial score (nSPS) is 19.5. The number of nitrogens with zero attached hydrogens (tertiary/aromatic N) is 3. The van der Waals surface area contributed by atoms with Crippen LogP contribution < -0.4 is 15.4 Å². The third kappa shape index (κ3) is 3.96. The highest BCUT2D eigenvalue weighted by atomic mass is 16.5. The molecule has 9 heteroatoms. The fourth-order valence-corrected chi connectivity index (χ4v) is 4.26. The zero-order valence-electron chi connectivity index (χ0n) is 16.8. The molecule has 1 aromatic carbocycles. The number of carbonyl (C=O) groups excluding carboxylic acids is 4. The number of ether oxygens (including phenoxy) is 1. The van der Waals surface area contributed by atoms with Crippen LogP contribution in [0, 0.1) is 5.92 Å². The molecule has 0 aromatic heterocycles. The van der Waals surface area contributed by atoms with Crippen LogP contribution in [0.2, 0.25) is 0 Å². The number of anilines is 1.